The van der Waals surface area contributed by atoms with Crippen LogP contribution < -0.4 is 0 Å². The zero-order valence-electron chi connectivity index (χ0n) is 14.3. The van der Waals surface area contributed by atoms with Gasteiger partial charge in [-0.15, -0.1) is 0 Å². The molecule has 0 aromatic heterocycles. The third-order valence-electron chi connectivity index (χ3n) is 4.64. The van der Waals surface area contributed by atoms with Crippen LogP contribution >= 0.6 is 0 Å². The van der Waals surface area contributed by atoms with E-state index < -0.39 is 35.3 Å². The molecule has 0 N–H and O–H groups in total. The minimum atomic E-state index is -1.56. The van der Waals surface area contributed by atoms with Gasteiger partial charge in [0.05, 0.1) is 14.2 Å². The lowest BCUT2D eigenvalue weighted by Gasteiger charge is -2.36. The number of carbonyl (C=O) groups is 3. The van der Waals surface area contributed by atoms with Gasteiger partial charge in [0, 0.05) is 18.8 Å². The van der Waals surface area contributed by atoms with Gasteiger partial charge in [-0.1, -0.05) is 24.3 Å². The fourth-order valence-corrected chi connectivity index (χ4v) is 3.64. The zero-order chi connectivity index (χ0) is 18.1. The van der Waals surface area contributed by atoms with Crippen molar-refractivity contribution in [1.82, 2.24) is 0 Å². The summed E-state index contributed by atoms with van der Waals surface area (Å²) in [6.45, 7) is 7.08. The largest absolute Gasteiger partial charge is 0.468 e. The average molecular weight is 334 g/mol. The molecule has 2 rings (SSSR count). The Labute approximate surface area is 141 Å². The standard InChI is InChI=1S/C18H22O6/c1-10(2)14-9-18(16(20)22-4,17(21)23-5)15-8-12(24-11(3)19)6-7-13(14)15/h6-7,9,12-13,15H,1,8H2,2-5H3/t12-,13+,15+/m0/s1. The maximum absolute atomic E-state index is 12.6. The number of esters is 3. The van der Waals surface area contributed by atoms with Crippen molar-refractivity contribution in [2.24, 2.45) is 17.3 Å². The number of carbonyl (C=O) groups excluding carboxylic acids is 3. The summed E-state index contributed by atoms with van der Waals surface area (Å²) in [4.78, 5) is 36.4. The van der Waals surface area contributed by atoms with Crippen molar-refractivity contribution in [1.29, 1.82) is 0 Å². The van der Waals surface area contributed by atoms with E-state index in [0.29, 0.717) is 6.42 Å². The lowest BCUT2D eigenvalue weighted by atomic mass is 9.69. The van der Waals surface area contributed by atoms with Gasteiger partial charge >= 0.3 is 17.9 Å². The van der Waals surface area contributed by atoms with Crippen molar-refractivity contribution < 1.29 is 28.6 Å². The summed E-state index contributed by atoms with van der Waals surface area (Å²) in [7, 11) is 2.47. The molecular formula is C18H22O6. The Morgan fingerprint density at radius 3 is 2.17 bits per heavy atom. The first-order valence-electron chi connectivity index (χ1n) is 7.69. The summed E-state index contributed by atoms with van der Waals surface area (Å²) in [5.41, 5.74) is -0.00500. The van der Waals surface area contributed by atoms with Crippen LogP contribution in [-0.4, -0.2) is 38.2 Å². The molecule has 130 valence electrons. The second-order valence-electron chi connectivity index (χ2n) is 6.13. The summed E-state index contributed by atoms with van der Waals surface area (Å²) in [6.07, 6.45) is 5.05. The van der Waals surface area contributed by atoms with Gasteiger partial charge in [0.2, 0.25) is 0 Å². The van der Waals surface area contributed by atoms with Crippen LogP contribution in [0.4, 0.5) is 0 Å². The Morgan fingerprint density at radius 1 is 1.12 bits per heavy atom. The van der Waals surface area contributed by atoms with Crippen molar-refractivity contribution in [3.63, 3.8) is 0 Å². The summed E-state index contributed by atoms with van der Waals surface area (Å²) in [5, 5.41) is 0. The first kappa shape index (κ1) is 18.0. The van der Waals surface area contributed by atoms with Gasteiger partial charge in [-0.05, 0) is 25.0 Å². The molecule has 0 amide bonds. The van der Waals surface area contributed by atoms with Gasteiger partial charge in [-0.3, -0.25) is 14.4 Å². The number of hydrogen-bond donors (Lipinski definition) is 0. The van der Waals surface area contributed by atoms with E-state index in [1.807, 2.05) is 13.0 Å². The predicted molar refractivity (Wildman–Crippen MR) is 85.7 cm³/mol. The smallest absolute Gasteiger partial charge is 0.327 e. The Bertz CT molecular complexity index is 626. The number of allylic oxidation sites excluding steroid dienone is 3. The summed E-state index contributed by atoms with van der Waals surface area (Å²) in [5.74, 6) is -2.43. The molecule has 0 saturated heterocycles. The number of hydrogen-bond acceptors (Lipinski definition) is 6. The molecule has 0 bridgehead atoms. The van der Waals surface area contributed by atoms with Crippen LogP contribution in [0.1, 0.15) is 20.3 Å². The highest BCUT2D eigenvalue weighted by Gasteiger charge is 2.60. The predicted octanol–water partition coefficient (Wildman–Crippen LogP) is 1.96. The van der Waals surface area contributed by atoms with Crippen LogP contribution in [0.25, 0.3) is 0 Å². The van der Waals surface area contributed by atoms with E-state index in [1.165, 1.54) is 21.1 Å². The third kappa shape index (κ3) is 2.77. The molecule has 0 heterocycles. The molecule has 0 aromatic rings. The highest BCUT2D eigenvalue weighted by Crippen LogP contribution is 2.53. The number of ether oxygens (including phenoxy) is 3. The highest BCUT2D eigenvalue weighted by atomic mass is 16.5. The quantitative estimate of drug-likeness (QED) is 0.338. The Hall–Kier alpha value is -2.37. The SMILES string of the molecule is C=C(C)C1=CC(C(=O)OC)(C(=O)OC)[C@@H]2C[C@@H](OC(C)=O)C=C[C@H]12. The summed E-state index contributed by atoms with van der Waals surface area (Å²) < 4.78 is 15.1. The molecule has 0 radical (unpaired) electrons. The lowest BCUT2D eigenvalue weighted by Crippen LogP contribution is -2.47. The molecule has 24 heavy (non-hydrogen) atoms. The van der Waals surface area contributed by atoms with Crippen LogP contribution in [0.5, 0.6) is 0 Å². The number of fused-ring (bicyclic) bond motifs is 1. The fraction of sp³-hybridized carbons (Fsp3) is 0.500. The van der Waals surface area contributed by atoms with Crippen molar-refractivity contribution in [2.45, 2.75) is 26.4 Å². The zero-order valence-corrected chi connectivity index (χ0v) is 14.3. The van der Waals surface area contributed by atoms with E-state index in [2.05, 4.69) is 6.58 Å². The molecule has 3 atom stereocenters. The van der Waals surface area contributed by atoms with Crippen molar-refractivity contribution >= 4 is 17.9 Å². The highest BCUT2D eigenvalue weighted by molar-refractivity contribution is 6.04. The van der Waals surface area contributed by atoms with E-state index in [4.69, 9.17) is 14.2 Å². The Kier molecular flexibility index (Phi) is 4.96. The second kappa shape index (κ2) is 6.63. The van der Waals surface area contributed by atoms with Crippen LogP contribution in [-0.2, 0) is 28.6 Å². The Balaban J connectivity index is 2.55. The van der Waals surface area contributed by atoms with Gasteiger partial charge < -0.3 is 14.2 Å². The van der Waals surface area contributed by atoms with E-state index in [0.717, 1.165) is 11.1 Å². The van der Waals surface area contributed by atoms with E-state index in [-0.39, 0.29) is 5.92 Å². The molecule has 2 aliphatic rings. The molecular weight excluding hydrogens is 312 g/mol. The molecule has 6 heteroatoms. The van der Waals surface area contributed by atoms with Gasteiger partial charge in [0.1, 0.15) is 6.10 Å². The van der Waals surface area contributed by atoms with Crippen LogP contribution in [0.15, 0.2) is 36.0 Å². The molecule has 0 spiro atoms. The van der Waals surface area contributed by atoms with Crippen LogP contribution in [0.2, 0.25) is 0 Å². The van der Waals surface area contributed by atoms with Crippen molar-refractivity contribution in [3.05, 3.63) is 36.0 Å². The van der Waals surface area contributed by atoms with E-state index >= 15 is 0 Å². The molecule has 2 aliphatic carbocycles. The molecule has 0 fully saturated rings. The number of methoxy groups -OCH3 is 2. The average Bonchev–Trinajstić information content (AvgIpc) is 2.88. The third-order valence-corrected chi connectivity index (χ3v) is 4.64. The van der Waals surface area contributed by atoms with Gasteiger partial charge in [0.15, 0.2) is 5.41 Å². The van der Waals surface area contributed by atoms with Gasteiger partial charge in [-0.25, -0.2) is 0 Å². The maximum Gasteiger partial charge on any atom is 0.327 e. The Morgan fingerprint density at radius 2 is 1.71 bits per heavy atom. The normalized spacial score (nSPS) is 26.8. The molecule has 0 saturated carbocycles. The van der Waals surface area contributed by atoms with Crippen molar-refractivity contribution in [3.8, 4) is 0 Å². The van der Waals surface area contributed by atoms with Gasteiger partial charge in [0.25, 0.3) is 0 Å². The first-order chi connectivity index (χ1) is 11.3. The summed E-state index contributed by atoms with van der Waals surface area (Å²) in [6, 6.07) is 0. The first-order valence-corrected chi connectivity index (χ1v) is 7.69. The van der Waals surface area contributed by atoms with Crippen LogP contribution in [0.3, 0.4) is 0 Å². The van der Waals surface area contributed by atoms with Crippen molar-refractivity contribution in [2.75, 3.05) is 14.2 Å². The maximum atomic E-state index is 12.6. The monoisotopic (exact) mass is 334 g/mol. The second-order valence-corrected chi connectivity index (χ2v) is 6.13. The minimum Gasteiger partial charge on any atom is -0.468 e. The minimum absolute atomic E-state index is 0.187. The topological polar surface area (TPSA) is 78.9 Å². The molecule has 0 aliphatic heterocycles. The number of rotatable bonds is 4. The van der Waals surface area contributed by atoms with E-state index in [1.54, 1.807) is 12.2 Å². The molecule has 0 aromatic carbocycles. The molecule has 6 nitrogen and oxygen atoms in total. The summed E-state index contributed by atoms with van der Waals surface area (Å²) >= 11 is 0. The van der Waals surface area contributed by atoms with E-state index in [9.17, 15) is 14.4 Å². The molecule has 0 unspecified atom stereocenters. The van der Waals surface area contributed by atoms with Crippen LogP contribution in [0, 0.1) is 17.3 Å². The lowest BCUT2D eigenvalue weighted by molar-refractivity contribution is -0.170. The fourth-order valence-electron chi connectivity index (χ4n) is 3.64. The van der Waals surface area contributed by atoms with Gasteiger partial charge in [-0.2, -0.15) is 0 Å².